The quantitative estimate of drug-likeness (QED) is 0.744. The molecule has 2 rings (SSSR count). The Morgan fingerprint density at radius 1 is 1.20 bits per heavy atom. The number of rotatable bonds is 2. The summed E-state index contributed by atoms with van der Waals surface area (Å²) in [7, 11) is 0. The molecule has 0 bridgehead atoms. The van der Waals surface area contributed by atoms with Gasteiger partial charge in [0.2, 0.25) is 0 Å². The second-order valence-corrected chi connectivity index (χ2v) is 4.81. The molecule has 0 spiro atoms. The summed E-state index contributed by atoms with van der Waals surface area (Å²) < 4.78 is 5.96. The van der Waals surface area contributed by atoms with E-state index in [1.165, 1.54) is 37.7 Å². The Labute approximate surface area is 97.2 Å². The molecule has 0 amide bonds. The summed E-state index contributed by atoms with van der Waals surface area (Å²) in [6, 6.07) is 6.11. The van der Waals surface area contributed by atoms with Gasteiger partial charge in [0.1, 0.15) is 5.75 Å². The highest BCUT2D eigenvalue weighted by atomic mass is 32.1. The fourth-order valence-corrected chi connectivity index (χ4v) is 2.22. The first kappa shape index (κ1) is 10.9. The van der Waals surface area contributed by atoms with E-state index in [4.69, 9.17) is 4.74 Å². The number of hydrogen-bond acceptors (Lipinski definition) is 2. The van der Waals surface area contributed by atoms with Gasteiger partial charge in [0.05, 0.1) is 6.10 Å². The Kier molecular flexibility index (Phi) is 3.57. The molecule has 0 unspecified atom stereocenters. The van der Waals surface area contributed by atoms with Crippen LogP contribution in [0.15, 0.2) is 23.1 Å². The highest BCUT2D eigenvalue weighted by Crippen LogP contribution is 2.25. The fraction of sp³-hybridized carbons (Fsp3) is 0.538. The van der Waals surface area contributed by atoms with Gasteiger partial charge in [0, 0.05) is 4.90 Å². The van der Waals surface area contributed by atoms with Crippen LogP contribution in [0.5, 0.6) is 5.75 Å². The van der Waals surface area contributed by atoms with Crippen LogP contribution in [0.2, 0.25) is 0 Å². The van der Waals surface area contributed by atoms with Gasteiger partial charge >= 0.3 is 0 Å². The summed E-state index contributed by atoms with van der Waals surface area (Å²) in [6.45, 7) is 2.07. The third-order valence-electron chi connectivity index (χ3n) is 3.02. The fourth-order valence-electron chi connectivity index (χ4n) is 2.08. The standard InChI is InChI=1S/C13H18OS/c1-10-9-12(7-8-13(10)15)14-11-5-3-2-4-6-11/h7-9,11,15H,2-6H2,1H3. The smallest absolute Gasteiger partial charge is 0.120 e. The monoisotopic (exact) mass is 222 g/mol. The molecular weight excluding hydrogens is 204 g/mol. The molecule has 1 aliphatic rings. The third kappa shape index (κ3) is 2.91. The third-order valence-corrected chi connectivity index (χ3v) is 3.52. The van der Waals surface area contributed by atoms with Crippen molar-refractivity contribution < 1.29 is 4.74 Å². The van der Waals surface area contributed by atoms with E-state index in [0.29, 0.717) is 6.10 Å². The summed E-state index contributed by atoms with van der Waals surface area (Å²) in [4.78, 5) is 1.03. The van der Waals surface area contributed by atoms with Crippen LogP contribution in [0.25, 0.3) is 0 Å². The average Bonchev–Trinajstić information content (AvgIpc) is 2.25. The van der Waals surface area contributed by atoms with Crippen molar-refractivity contribution in [3.8, 4) is 5.75 Å². The average molecular weight is 222 g/mol. The first-order valence-corrected chi connectivity index (χ1v) is 6.17. The van der Waals surface area contributed by atoms with Crippen molar-refractivity contribution in [2.75, 3.05) is 0 Å². The second-order valence-electron chi connectivity index (χ2n) is 4.33. The molecule has 0 heterocycles. The van der Waals surface area contributed by atoms with Gasteiger partial charge in [0.25, 0.3) is 0 Å². The van der Waals surface area contributed by atoms with Crippen molar-refractivity contribution >= 4 is 12.6 Å². The van der Waals surface area contributed by atoms with Crippen molar-refractivity contribution in [3.63, 3.8) is 0 Å². The molecule has 1 aromatic rings. The SMILES string of the molecule is Cc1cc(OC2CCCCC2)ccc1S. The van der Waals surface area contributed by atoms with Crippen molar-refractivity contribution in [2.24, 2.45) is 0 Å². The van der Waals surface area contributed by atoms with Gasteiger partial charge in [0.15, 0.2) is 0 Å². The maximum atomic E-state index is 5.96. The van der Waals surface area contributed by atoms with E-state index in [0.717, 1.165) is 10.6 Å². The molecule has 1 saturated carbocycles. The van der Waals surface area contributed by atoms with Crippen LogP contribution >= 0.6 is 12.6 Å². The number of aryl methyl sites for hydroxylation is 1. The van der Waals surface area contributed by atoms with Crippen LogP contribution in [-0.4, -0.2) is 6.10 Å². The van der Waals surface area contributed by atoms with E-state index in [2.05, 4.69) is 25.6 Å². The highest BCUT2D eigenvalue weighted by molar-refractivity contribution is 7.80. The molecule has 0 radical (unpaired) electrons. The Morgan fingerprint density at radius 3 is 2.60 bits per heavy atom. The lowest BCUT2D eigenvalue weighted by molar-refractivity contribution is 0.155. The van der Waals surface area contributed by atoms with E-state index in [1.807, 2.05) is 12.1 Å². The Bertz CT molecular complexity index is 329. The minimum absolute atomic E-state index is 0.434. The summed E-state index contributed by atoms with van der Waals surface area (Å²) in [5, 5.41) is 0. The van der Waals surface area contributed by atoms with Gasteiger partial charge in [-0.1, -0.05) is 6.42 Å². The zero-order chi connectivity index (χ0) is 10.7. The van der Waals surface area contributed by atoms with Crippen LogP contribution in [0, 0.1) is 6.92 Å². The number of ether oxygens (including phenoxy) is 1. The van der Waals surface area contributed by atoms with Crippen LogP contribution < -0.4 is 4.74 Å². The topological polar surface area (TPSA) is 9.23 Å². The molecule has 0 atom stereocenters. The molecule has 0 aliphatic heterocycles. The Hall–Kier alpha value is -0.630. The second kappa shape index (κ2) is 4.93. The van der Waals surface area contributed by atoms with E-state index >= 15 is 0 Å². The number of thiol groups is 1. The van der Waals surface area contributed by atoms with Crippen molar-refractivity contribution in [1.82, 2.24) is 0 Å². The van der Waals surface area contributed by atoms with Crippen LogP contribution in [0.4, 0.5) is 0 Å². The zero-order valence-corrected chi connectivity index (χ0v) is 10.1. The van der Waals surface area contributed by atoms with Gasteiger partial charge in [-0.05, 0) is 56.4 Å². The molecule has 15 heavy (non-hydrogen) atoms. The van der Waals surface area contributed by atoms with Crippen molar-refractivity contribution in [1.29, 1.82) is 0 Å². The lowest BCUT2D eigenvalue weighted by Crippen LogP contribution is -2.19. The lowest BCUT2D eigenvalue weighted by Gasteiger charge is -2.23. The molecular formula is C13H18OS. The summed E-state index contributed by atoms with van der Waals surface area (Å²) in [5.74, 6) is 0.997. The van der Waals surface area contributed by atoms with Gasteiger partial charge in [-0.15, -0.1) is 12.6 Å². The van der Waals surface area contributed by atoms with E-state index in [1.54, 1.807) is 0 Å². The minimum atomic E-state index is 0.434. The first-order valence-electron chi connectivity index (χ1n) is 5.72. The van der Waals surface area contributed by atoms with E-state index < -0.39 is 0 Å². The maximum absolute atomic E-state index is 5.96. The summed E-state index contributed by atoms with van der Waals surface area (Å²) in [5.41, 5.74) is 1.19. The molecule has 2 heteroatoms. The largest absolute Gasteiger partial charge is 0.490 e. The molecule has 1 fully saturated rings. The van der Waals surface area contributed by atoms with E-state index in [9.17, 15) is 0 Å². The van der Waals surface area contributed by atoms with Gasteiger partial charge in [-0.25, -0.2) is 0 Å². The molecule has 1 aromatic carbocycles. The molecule has 0 saturated heterocycles. The lowest BCUT2D eigenvalue weighted by atomic mass is 9.98. The predicted octanol–water partition coefficient (Wildman–Crippen LogP) is 4.00. The summed E-state index contributed by atoms with van der Waals surface area (Å²) >= 11 is 4.36. The van der Waals surface area contributed by atoms with Gasteiger partial charge in [-0.3, -0.25) is 0 Å². The molecule has 1 aliphatic carbocycles. The molecule has 82 valence electrons. The van der Waals surface area contributed by atoms with E-state index in [-0.39, 0.29) is 0 Å². The Morgan fingerprint density at radius 2 is 1.93 bits per heavy atom. The van der Waals surface area contributed by atoms with Crippen LogP contribution in [0.3, 0.4) is 0 Å². The predicted molar refractivity (Wildman–Crippen MR) is 65.9 cm³/mol. The summed E-state index contributed by atoms with van der Waals surface area (Å²) in [6.07, 6.45) is 6.85. The molecule has 1 nitrogen and oxygen atoms in total. The zero-order valence-electron chi connectivity index (χ0n) is 9.20. The normalized spacial score (nSPS) is 17.7. The molecule has 0 N–H and O–H groups in total. The minimum Gasteiger partial charge on any atom is -0.490 e. The number of benzene rings is 1. The first-order chi connectivity index (χ1) is 7.25. The van der Waals surface area contributed by atoms with Gasteiger partial charge in [-0.2, -0.15) is 0 Å². The maximum Gasteiger partial charge on any atom is 0.120 e. The van der Waals surface area contributed by atoms with Crippen molar-refractivity contribution in [2.45, 2.75) is 50.0 Å². The molecule has 0 aromatic heterocycles. The van der Waals surface area contributed by atoms with Crippen LogP contribution in [-0.2, 0) is 0 Å². The van der Waals surface area contributed by atoms with Gasteiger partial charge < -0.3 is 4.74 Å². The number of hydrogen-bond donors (Lipinski definition) is 1. The Balaban J connectivity index is 2.00. The highest BCUT2D eigenvalue weighted by Gasteiger charge is 2.14. The van der Waals surface area contributed by atoms with Crippen molar-refractivity contribution in [3.05, 3.63) is 23.8 Å². The van der Waals surface area contributed by atoms with Crippen LogP contribution in [0.1, 0.15) is 37.7 Å².